The highest BCUT2D eigenvalue weighted by Gasteiger charge is 2.15. The van der Waals surface area contributed by atoms with Crippen molar-refractivity contribution in [3.05, 3.63) is 81.9 Å². The fourth-order valence-corrected chi connectivity index (χ4v) is 4.25. The van der Waals surface area contributed by atoms with Gasteiger partial charge in [-0.15, -0.1) is 0 Å². The van der Waals surface area contributed by atoms with Crippen LogP contribution in [0.25, 0.3) is 11.2 Å². The highest BCUT2D eigenvalue weighted by atomic mass is 32.2. The minimum absolute atomic E-state index is 0.0911. The summed E-state index contributed by atoms with van der Waals surface area (Å²) in [5.74, 6) is 0.633. The molecule has 2 aromatic heterocycles. The summed E-state index contributed by atoms with van der Waals surface area (Å²) in [5.41, 5.74) is 3.92. The number of carbonyl (C=O) groups is 1. The van der Waals surface area contributed by atoms with E-state index in [0.717, 1.165) is 28.1 Å². The summed E-state index contributed by atoms with van der Waals surface area (Å²) in [5, 5.41) is 3.31. The molecule has 1 amide bonds. The van der Waals surface area contributed by atoms with Crippen LogP contribution in [-0.2, 0) is 11.3 Å². The first-order chi connectivity index (χ1) is 15.9. The van der Waals surface area contributed by atoms with E-state index in [1.165, 1.54) is 28.7 Å². The van der Waals surface area contributed by atoms with Crippen LogP contribution in [0.1, 0.15) is 16.7 Å². The molecule has 0 radical (unpaired) electrons. The molecule has 2 heterocycles. The molecule has 0 aliphatic carbocycles. The Morgan fingerprint density at radius 1 is 1.06 bits per heavy atom. The van der Waals surface area contributed by atoms with E-state index in [1.807, 2.05) is 56.3 Å². The molecule has 33 heavy (non-hydrogen) atoms. The van der Waals surface area contributed by atoms with Gasteiger partial charge in [-0.3, -0.25) is 14.2 Å². The molecule has 168 valence electrons. The third kappa shape index (κ3) is 5.38. The summed E-state index contributed by atoms with van der Waals surface area (Å²) < 4.78 is 6.73. The van der Waals surface area contributed by atoms with Gasteiger partial charge in [-0.25, -0.2) is 15.0 Å². The topological polar surface area (TPSA) is 99.0 Å². The van der Waals surface area contributed by atoms with E-state index in [4.69, 9.17) is 4.74 Å². The molecule has 0 aliphatic rings. The SMILES string of the molecule is COc1ccc(Cn2c(SCC(=O)Nc3cc(C)cc(C)c3)nc3nccnc3c2=O)cc1. The third-order valence-corrected chi connectivity index (χ3v) is 5.87. The summed E-state index contributed by atoms with van der Waals surface area (Å²) in [4.78, 5) is 38.6. The zero-order chi connectivity index (χ0) is 23.4. The predicted octanol–water partition coefficient (Wildman–Crippen LogP) is 3.59. The predicted molar refractivity (Wildman–Crippen MR) is 129 cm³/mol. The largest absolute Gasteiger partial charge is 0.497 e. The van der Waals surface area contributed by atoms with Gasteiger partial charge in [-0.1, -0.05) is 30.0 Å². The molecule has 8 nitrogen and oxygen atoms in total. The number of thioether (sulfide) groups is 1. The Balaban J connectivity index is 1.60. The molecule has 0 saturated carbocycles. The Morgan fingerprint density at radius 2 is 1.76 bits per heavy atom. The third-order valence-electron chi connectivity index (χ3n) is 4.90. The lowest BCUT2D eigenvalue weighted by atomic mass is 10.1. The molecular formula is C24H23N5O3S. The molecular weight excluding hydrogens is 438 g/mol. The Kier molecular flexibility index (Phi) is 6.69. The molecule has 0 fully saturated rings. The molecule has 0 saturated heterocycles. The Morgan fingerprint density at radius 3 is 2.45 bits per heavy atom. The van der Waals surface area contributed by atoms with Crippen molar-refractivity contribution < 1.29 is 9.53 Å². The lowest BCUT2D eigenvalue weighted by Gasteiger charge is -2.13. The summed E-state index contributed by atoms with van der Waals surface area (Å²) in [7, 11) is 1.60. The first-order valence-corrected chi connectivity index (χ1v) is 11.3. The number of fused-ring (bicyclic) bond motifs is 1. The van der Waals surface area contributed by atoms with E-state index >= 15 is 0 Å². The van der Waals surface area contributed by atoms with Crippen LogP contribution in [0.3, 0.4) is 0 Å². The van der Waals surface area contributed by atoms with Crippen molar-refractivity contribution in [3.63, 3.8) is 0 Å². The average molecular weight is 462 g/mol. The minimum Gasteiger partial charge on any atom is -0.497 e. The second-order valence-electron chi connectivity index (χ2n) is 7.58. The Bertz CT molecular complexity index is 1350. The Labute approximate surface area is 195 Å². The van der Waals surface area contributed by atoms with E-state index < -0.39 is 0 Å². The van der Waals surface area contributed by atoms with Crippen molar-refractivity contribution >= 4 is 34.5 Å². The minimum atomic E-state index is -0.305. The Hall–Kier alpha value is -3.72. The lowest BCUT2D eigenvalue weighted by Crippen LogP contribution is -2.25. The summed E-state index contributed by atoms with van der Waals surface area (Å²) >= 11 is 1.19. The number of carbonyl (C=O) groups excluding carboxylic acids is 1. The van der Waals surface area contributed by atoms with E-state index in [-0.39, 0.29) is 34.9 Å². The number of ether oxygens (including phenoxy) is 1. The van der Waals surface area contributed by atoms with Crippen molar-refractivity contribution in [2.75, 3.05) is 18.2 Å². The standard InChI is InChI=1S/C24H23N5O3S/c1-15-10-16(2)12-18(11-15)27-20(30)14-33-24-28-22-21(25-8-9-26-22)23(31)29(24)13-17-4-6-19(32-3)7-5-17/h4-12H,13-14H2,1-3H3,(H,27,30). The number of rotatable bonds is 7. The quantitative estimate of drug-likeness (QED) is 0.332. The number of hydrogen-bond donors (Lipinski definition) is 1. The maximum atomic E-state index is 13.2. The van der Waals surface area contributed by atoms with Gasteiger partial charge in [-0.05, 0) is 54.8 Å². The molecule has 0 aliphatic heterocycles. The van der Waals surface area contributed by atoms with E-state index in [0.29, 0.717) is 5.16 Å². The van der Waals surface area contributed by atoms with Gasteiger partial charge >= 0.3 is 0 Å². The summed E-state index contributed by atoms with van der Waals surface area (Å²) in [6.45, 7) is 4.24. The summed E-state index contributed by atoms with van der Waals surface area (Å²) in [6, 6.07) is 13.3. The fraction of sp³-hybridized carbons (Fsp3) is 0.208. The highest BCUT2D eigenvalue weighted by Crippen LogP contribution is 2.20. The van der Waals surface area contributed by atoms with Crippen molar-refractivity contribution in [2.45, 2.75) is 25.5 Å². The molecule has 1 N–H and O–H groups in total. The van der Waals surface area contributed by atoms with Gasteiger partial charge in [0.05, 0.1) is 19.4 Å². The van der Waals surface area contributed by atoms with Crippen molar-refractivity contribution in [1.29, 1.82) is 0 Å². The lowest BCUT2D eigenvalue weighted by molar-refractivity contribution is -0.113. The molecule has 0 bridgehead atoms. The number of aryl methyl sites for hydroxylation is 2. The van der Waals surface area contributed by atoms with E-state index in [1.54, 1.807) is 7.11 Å². The van der Waals surface area contributed by atoms with Crippen LogP contribution in [0.5, 0.6) is 5.75 Å². The van der Waals surface area contributed by atoms with Gasteiger partial charge in [0, 0.05) is 18.1 Å². The molecule has 0 unspecified atom stereocenters. The number of amides is 1. The normalized spacial score (nSPS) is 10.9. The molecule has 4 rings (SSSR count). The van der Waals surface area contributed by atoms with E-state index in [9.17, 15) is 9.59 Å². The van der Waals surface area contributed by atoms with Crippen LogP contribution in [0.4, 0.5) is 5.69 Å². The molecule has 9 heteroatoms. The average Bonchev–Trinajstić information content (AvgIpc) is 2.79. The monoisotopic (exact) mass is 461 g/mol. The van der Waals surface area contributed by atoms with Crippen molar-refractivity contribution in [3.8, 4) is 5.75 Å². The molecule has 4 aromatic rings. The van der Waals surface area contributed by atoms with Crippen LogP contribution in [0.2, 0.25) is 0 Å². The fourth-order valence-electron chi connectivity index (χ4n) is 3.47. The van der Waals surface area contributed by atoms with Gasteiger partial charge in [0.2, 0.25) is 5.91 Å². The number of anilines is 1. The van der Waals surface area contributed by atoms with Crippen LogP contribution >= 0.6 is 11.8 Å². The first-order valence-electron chi connectivity index (χ1n) is 10.3. The second kappa shape index (κ2) is 9.83. The maximum absolute atomic E-state index is 13.2. The zero-order valence-electron chi connectivity index (χ0n) is 18.5. The van der Waals surface area contributed by atoms with Gasteiger partial charge < -0.3 is 10.1 Å². The van der Waals surface area contributed by atoms with Crippen molar-refractivity contribution in [2.24, 2.45) is 0 Å². The number of methoxy groups -OCH3 is 1. The molecule has 0 spiro atoms. The number of benzene rings is 2. The van der Waals surface area contributed by atoms with Crippen LogP contribution in [0.15, 0.2) is 64.8 Å². The summed E-state index contributed by atoms with van der Waals surface area (Å²) in [6.07, 6.45) is 2.96. The number of hydrogen-bond acceptors (Lipinski definition) is 7. The molecule has 2 aromatic carbocycles. The second-order valence-corrected chi connectivity index (χ2v) is 8.52. The van der Waals surface area contributed by atoms with Gasteiger partial charge in [0.25, 0.3) is 5.56 Å². The maximum Gasteiger partial charge on any atom is 0.282 e. The van der Waals surface area contributed by atoms with Crippen molar-refractivity contribution in [1.82, 2.24) is 19.5 Å². The van der Waals surface area contributed by atoms with Gasteiger partial charge in [0.1, 0.15) is 5.75 Å². The smallest absolute Gasteiger partial charge is 0.282 e. The molecule has 0 atom stereocenters. The zero-order valence-corrected chi connectivity index (χ0v) is 19.3. The number of nitrogens with one attached hydrogen (secondary N) is 1. The number of aromatic nitrogens is 4. The van der Waals surface area contributed by atoms with E-state index in [2.05, 4.69) is 20.3 Å². The van der Waals surface area contributed by atoms with Crippen LogP contribution in [-0.4, -0.2) is 38.3 Å². The van der Waals surface area contributed by atoms with Crippen LogP contribution < -0.4 is 15.6 Å². The first kappa shape index (κ1) is 22.5. The van der Waals surface area contributed by atoms with Gasteiger partial charge in [0.15, 0.2) is 16.3 Å². The van der Waals surface area contributed by atoms with Crippen LogP contribution in [0, 0.1) is 13.8 Å². The highest BCUT2D eigenvalue weighted by molar-refractivity contribution is 7.99. The number of nitrogens with zero attached hydrogens (tertiary/aromatic N) is 4. The van der Waals surface area contributed by atoms with Gasteiger partial charge in [-0.2, -0.15) is 0 Å².